The normalized spacial score (nSPS) is 12.3. The number of rotatable bonds is 4. The molecule has 0 spiro atoms. The van der Waals surface area contributed by atoms with Crippen molar-refractivity contribution in [2.75, 3.05) is 12.9 Å². The Balaban J connectivity index is 3.19. The molecule has 0 saturated heterocycles. The number of carbonyl (C=O) groups excluding carboxylic acids is 1. The van der Waals surface area contributed by atoms with E-state index in [1.54, 1.807) is 0 Å². The second kappa shape index (κ2) is 5.24. The number of methoxy groups -OCH3 is 1. The summed E-state index contributed by atoms with van der Waals surface area (Å²) < 4.78 is 55.0. The average Bonchev–Trinajstić information content (AvgIpc) is 2.29. The molecule has 0 aliphatic heterocycles. The number of halogens is 2. The quantitative estimate of drug-likeness (QED) is 0.796. The van der Waals surface area contributed by atoms with Crippen LogP contribution in [-0.4, -0.2) is 27.2 Å². The summed E-state index contributed by atoms with van der Waals surface area (Å²) in [5.74, 6) is -3.33. The molecular formula is C12H14F2O4S. The molecule has 0 heterocycles. The van der Waals surface area contributed by atoms with Crippen molar-refractivity contribution >= 4 is 15.8 Å². The molecule has 106 valence electrons. The fourth-order valence-corrected chi connectivity index (χ4v) is 3.48. The van der Waals surface area contributed by atoms with Gasteiger partial charge in [-0.15, -0.1) is 0 Å². The van der Waals surface area contributed by atoms with Crippen LogP contribution in [0.5, 0.6) is 0 Å². The van der Waals surface area contributed by atoms with E-state index in [0.717, 1.165) is 19.2 Å². The van der Waals surface area contributed by atoms with E-state index >= 15 is 0 Å². The number of sulfone groups is 1. The van der Waals surface area contributed by atoms with Gasteiger partial charge in [0.25, 0.3) is 0 Å². The topological polar surface area (TPSA) is 60.4 Å². The summed E-state index contributed by atoms with van der Waals surface area (Å²) in [6.07, 6.45) is 0. The molecule has 19 heavy (non-hydrogen) atoms. The Hall–Kier alpha value is -1.50. The van der Waals surface area contributed by atoms with Crippen LogP contribution in [0, 0.1) is 17.0 Å². The van der Waals surface area contributed by atoms with E-state index in [9.17, 15) is 22.0 Å². The molecule has 0 atom stereocenters. The lowest BCUT2D eigenvalue weighted by Crippen LogP contribution is -2.33. The Bertz CT molecular complexity index is 594. The van der Waals surface area contributed by atoms with Gasteiger partial charge < -0.3 is 4.74 Å². The molecule has 0 N–H and O–H groups in total. The molecule has 1 aromatic carbocycles. The largest absolute Gasteiger partial charge is 0.469 e. The van der Waals surface area contributed by atoms with E-state index < -0.39 is 43.5 Å². The van der Waals surface area contributed by atoms with Gasteiger partial charge >= 0.3 is 5.97 Å². The standard InChI is InChI=1S/C12H14F2O4S/c1-12(2,11(15)18-3)7-19(16,17)10-6-8(13)4-5-9(10)14/h4-6H,7H2,1-3H3. The molecule has 0 saturated carbocycles. The van der Waals surface area contributed by atoms with Crippen molar-refractivity contribution in [1.82, 2.24) is 0 Å². The highest BCUT2D eigenvalue weighted by molar-refractivity contribution is 7.91. The second-order valence-electron chi connectivity index (χ2n) is 4.71. The van der Waals surface area contributed by atoms with Gasteiger partial charge in [0.15, 0.2) is 9.84 Å². The summed E-state index contributed by atoms with van der Waals surface area (Å²) >= 11 is 0. The molecule has 0 bridgehead atoms. The molecule has 0 aliphatic rings. The summed E-state index contributed by atoms with van der Waals surface area (Å²) in [5.41, 5.74) is -1.35. The predicted octanol–water partition coefficient (Wildman–Crippen LogP) is 1.94. The fourth-order valence-electron chi connectivity index (χ4n) is 1.60. The number of ether oxygens (including phenoxy) is 1. The number of hydrogen-bond donors (Lipinski definition) is 0. The van der Waals surface area contributed by atoms with Crippen molar-refractivity contribution in [1.29, 1.82) is 0 Å². The van der Waals surface area contributed by atoms with Gasteiger partial charge in [-0.1, -0.05) is 0 Å². The first-order valence-electron chi connectivity index (χ1n) is 5.36. The molecule has 0 radical (unpaired) electrons. The molecule has 7 heteroatoms. The average molecular weight is 292 g/mol. The third kappa shape index (κ3) is 3.50. The maximum absolute atomic E-state index is 13.5. The highest BCUT2D eigenvalue weighted by atomic mass is 32.2. The van der Waals surface area contributed by atoms with Crippen LogP contribution in [0.1, 0.15) is 13.8 Å². The molecule has 4 nitrogen and oxygen atoms in total. The molecule has 0 amide bonds. The third-order valence-corrected chi connectivity index (χ3v) is 4.60. The zero-order valence-corrected chi connectivity index (χ0v) is 11.6. The van der Waals surface area contributed by atoms with E-state index in [-0.39, 0.29) is 0 Å². The van der Waals surface area contributed by atoms with Gasteiger partial charge in [0.05, 0.1) is 18.3 Å². The van der Waals surface area contributed by atoms with Crippen molar-refractivity contribution < 1.29 is 26.7 Å². The Morgan fingerprint density at radius 2 is 1.89 bits per heavy atom. The minimum Gasteiger partial charge on any atom is -0.469 e. The predicted molar refractivity (Wildman–Crippen MR) is 64.2 cm³/mol. The molecule has 1 aromatic rings. The van der Waals surface area contributed by atoms with Gasteiger partial charge in [-0.25, -0.2) is 17.2 Å². The van der Waals surface area contributed by atoms with Gasteiger partial charge in [-0.3, -0.25) is 4.79 Å². The van der Waals surface area contributed by atoms with E-state index in [0.29, 0.717) is 6.07 Å². The highest BCUT2D eigenvalue weighted by Crippen LogP contribution is 2.26. The third-order valence-electron chi connectivity index (χ3n) is 2.52. The molecule has 0 aliphatic carbocycles. The Morgan fingerprint density at radius 1 is 1.32 bits per heavy atom. The Morgan fingerprint density at radius 3 is 2.42 bits per heavy atom. The minimum absolute atomic E-state index is 0.595. The first-order valence-corrected chi connectivity index (χ1v) is 7.01. The lowest BCUT2D eigenvalue weighted by molar-refractivity contribution is -0.149. The molecule has 1 rings (SSSR count). The summed E-state index contributed by atoms with van der Waals surface area (Å²) in [5, 5.41) is 0. The number of hydrogen-bond acceptors (Lipinski definition) is 4. The lowest BCUT2D eigenvalue weighted by atomic mass is 9.97. The number of esters is 1. The van der Waals surface area contributed by atoms with E-state index in [2.05, 4.69) is 4.74 Å². The molecule has 0 aromatic heterocycles. The SMILES string of the molecule is COC(=O)C(C)(C)CS(=O)(=O)c1cc(F)ccc1F. The maximum Gasteiger partial charge on any atom is 0.312 e. The monoisotopic (exact) mass is 292 g/mol. The first-order chi connectivity index (χ1) is 8.60. The van der Waals surface area contributed by atoms with Gasteiger partial charge in [-0.05, 0) is 32.0 Å². The molecular weight excluding hydrogens is 278 g/mol. The lowest BCUT2D eigenvalue weighted by Gasteiger charge is -2.21. The van der Waals surface area contributed by atoms with Crippen LogP contribution in [0.25, 0.3) is 0 Å². The van der Waals surface area contributed by atoms with E-state index in [4.69, 9.17) is 0 Å². The van der Waals surface area contributed by atoms with Crippen LogP contribution in [0.4, 0.5) is 8.78 Å². The number of benzene rings is 1. The summed E-state index contributed by atoms with van der Waals surface area (Å²) in [6.45, 7) is 2.71. The summed E-state index contributed by atoms with van der Waals surface area (Å²) in [6, 6.07) is 2.14. The van der Waals surface area contributed by atoms with Crippen LogP contribution in [0.3, 0.4) is 0 Å². The minimum atomic E-state index is -4.14. The van der Waals surface area contributed by atoms with Gasteiger partial charge in [0.2, 0.25) is 0 Å². The number of carbonyl (C=O) groups is 1. The zero-order valence-electron chi connectivity index (χ0n) is 10.7. The van der Waals surface area contributed by atoms with Crippen LogP contribution in [0.2, 0.25) is 0 Å². The van der Waals surface area contributed by atoms with Gasteiger partial charge in [0, 0.05) is 0 Å². The summed E-state index contributed by atoms with van der Waals surface area (Å²) in [7, 11) is -3.02. The second-order valence-corrected chi connectivity index (χ2v) is 6.67. The molecule has 0 fully saturated rings. The van der Waals surface area contributed by atoms with Crippen molar-refractivity contribution in [2.45, 2.75) is 18.7 Å². The van der Waals surface area contributed by atoms with Crippen LogP contribution in [0.15, 0.2) is 23.1 Å². The van der Waals surface area contributed by atoms with Crippen molar-refractivity contribution in [3.8, 4) is 0 Å². The highest BCUT2D eigenvalue weighted by Gasteiger charge is 2.36. The zero-order chi connectivity index (χ0) is 14.8. The Labute approximate surface area is 110 Å². The smallest absolute Gasteiger partial charge is 0.312 e. The van der Waals surface area contributed by atoms with E-state index in [1.807, 2.05) is 0 Å². The van der Waals surface area contributed by atoms with Crippen molar-refractivity contribution in [3.63, 3.8) is 0 Å². The van der Waals surface area contributed by atoms with Crippen LogP contribution in [-0.2, 0) is 19.4 Å². The van der Waals surface area contributed by atoms with Crippen molar-refractivity contribution in [2.24, 2.45) is 5.41 Å². The van der Waals surface area contributed by atoms with Gasteiger partial charge in [-0.2, -0.15) is 0 Å². The van der Waals surface area contributed by atoms with Crippen LogP contribution < -0.4 is 0 Å². The first kappa shape index (κ1) is 15.6. The van der Waals surface area contributed by atoms with E-state index in [1.165, 1.54) is 13.8 Å². The summed E-state index contributed by atoms with van der Waals surface area (Å²) in [4.78, 5) is 10.7. The fraction of sp³-hybridized carbons (Fsp3) is 0.417. The van der Waals surface area contributed by atoms with Gasteiger partial charge in [0.1, 0.15) is 16.5 Å². The molecule has 0 unspecified atom stereocenters. The Kier molecular flexibility index (Phi) is 4.29. The van der Waals surface area contributed by atoms with Crippen LogP contribution >= 0.6 is 0 Å². The van der Waals surface area contributed by atoms with Crippen molar-refractivity contribution in [3.05, 3.63) is 29.8 Å². The maximum atomic E-state index is 13.5.